The van der Waals surface area contributed by atoms with Crippen LogP contribution >= 0.6 is 0 Å². The van der Waals surface area contributed by atoms with E-state index in [1.807, 2.05) is 32.0 Å². The normalized spacial score (nSPS) is 14.3. The number of hydrazone groups is 1. The van der Waals surface area contributed by atoms with Crippen LogP contribution in [0.15, 0.2) is 41.5 Å². The van der Waals surface area contributed by atoms with Crippen LogP contribution in [0, 0.1) is 29.9 Å². The van der Waals surface area contributed by atoms with Crippen LogP contribution in [0.4, 0.5) is 29.2 Å². The third kappa shape index (κ3) is 5.81. The lowest BCUT2D eigenvalue weighted by Crippen LogP contribution is -2.34. The van der Waals surface area contributed by atoms with Crippen molar-refractivity contribution in [3.63, 3.8) is 0 Å². The summed E-state index contributed by atoms with van der Waals surface area (Å²) in [6, 6.07) is 9.69. The first-order valence-electron chi connectivity index (χ1n) is 11.4. The summed E-state index contributed by atoms with van der Waals surface area (Å²) in [7, 11) is 0. The second-order valence-electron chi connectivity index (χ2n) is 8.69. The smallest absolute Gasteiger partial charge is 0.270 e. The average Bonchev–Trinajstić information content (AvgIpc) is 2.83. The van der Waals surface area contributed by atoms with Crippen molar-refractivity contribution in [2.24, 2.45) is 11.0 Å². The van der Waals surface area contributed by atoms with Crippen molar-refractivity contribution in [3.8, 4) is 5.75 Å². The Kier molecular flexibility index (Phi) is 7.04. The summed E-state index contributed by atoms with van der Waals surface area (Å²) < 4.78 is 0. The minimum atomic E-state index is -0.535. The number of nitro groups is 1. The number of anilines is 4. The van der Waals surface area contributed by atoms with E-state index >= 15 is 0 Å². The molecule has 1 saturated heterocycles. The van der Waals surface area contributed by atoms with Gasteiger partial charge in [-0.2, -0.15) is 20.1 Å². The van der Waals surface area contributed by atoms with Crippen LogP contribution < -0.4 is 15.6 Å². The Hall–Kier alpha value is -4.28. The number of nitro benzene ring substituents is 1. The van der Waals surface area contributed by atoms with E-state index < -0.39 is 4.92 Å². The molecule has 1 aliphatic rings. The number of rotatable bonds is 7. The number of non-ortho nitro benzene ring substituents is 1. The Labute approximate surface area is 203 Å². The van der Waals surface area contributed by atoms with Gasteiger partial charge in [-0.25, -0.2) is 5.43 Å². The summed E-state index contributed by atoms with van der Waals surface area (Å²) in [4.78, 5) is 26.2. The van der Waals surface area contributed by atoms with Crippen molar-refractivity contribution in [2.75, 3.05) is 28.7 Å². The molecule has 1 aliphatic heterocycles. The predicted molar refractivity (Wildman–Crippen MR) is 136 cm³/mol. The maximum atomic E-state index is 11.0. The Balaban J connectivity index is 1.61. The van der Waals surface area contributed by atoms with Gasteiger partial charge in [-0.3, -0.25) is 10.1 Å². The molecular formula is C24H28N8O3. The summed E-state index contributed by atoms with van der Waals surface area (Å²) in [5.74, 6) is 1.65. The molecule has 0 radical (unpaired) electrons. The third-order valence-electron chi connectivity index (χ3n) is 6.13. The molecule has 0 saturated carbocycles. The molecule has 0 spiro atoms. The molecule has 0 unspecified atom stereocenters. The van der Waals surface area contributed by atoms with Gasteiger partial charge in [0.25, 0.3) is 5.69 Å². The van der Waals surface area contributed by atoms with Crippen LogP contribution in [0.2, 0.25) is 0 Å². The van der Waals surface area contributed by atoms with Gasteiger partial charge in [0.05, 0.1) is 11.1 Å². The minimum absolute atomic E-state index is 0.128. The molecule has 3 N–H and O–H groups in total. The maximum Gasteiger partial charge on any atom is 0.270 e. The predicted octanol–water partition coefficient (Wildman–Crippen LogP) is 4.53. The number of hydrogen-bond acceptors (Lipinski definition) is 10. The van der Waals surface area contributed by atoms with E-state index in [4.69, 9.17) is 0 Å². The molecule has 1 fully saturated rings. The third-order valence-corrected chi connectivity index (χ3v) is 6.13. The molecule has 1 aromatic heterocycles. The zero-order valence-corrected chi connectivity index (χ0v) is 19.9. The highest BCUT2D eigenvalue weighted by molar-refractivity contribution is 5.84. The zero-order valence-electron chi connectivity index (χ0n) is 19.9. The molecule has 2 aromatic carbocycles. The zero-order chi connectivity index (χ0) is 24.9. The molecular weight excluding hydrogens is 448 g/mol. The van der Waals surface area contributed by atoms with Gasteiger partial charge < -0.3 is 15.3 Å². The molecule has 11 heteroatoms. The number of hydrogen-bond donors (Lipinski definition) is 3. The van der Waals surface area contributed by atoms with E-state index in [-0.39, 0.29) is 22.9 Å². The van der Waals surface area contributed by atoms with Crippen molar-refractivity contribution in [1.29, 1.82) is 0 Å². The molecule has 0 atom stereocenters. The van der Waals surface area contributed by atoms with Crippen LogP contribution in [0.5, 0.6) is 5.75 Å². The van der Waals surface area contributed by atoms with Gasteiger partial charge in [-0.05, 0) is 55.9 Å². The topological polar surface area (TPSA) is 142 Å². The summed E-state index contributed by atoms with van der Waals surface area (Å²) >= 11 is 0. The van der Waals surface area contributed by atoms with Crippen LogP contribution in [0.3, 0.4) is 0 Å². The van der Waals surface area contributed by atoms with Crippen LogP contribution in [0.25, 0.3) is 0 Å². The second kappa shape index (κ2) is 10.3. The Bertz CT molecular complexity index is 1260. The van der Waals surface area contributed by atoms with Gasteiger partial charge in [0.2, 0.25) is 17.8 Å². The minimum Gasteiger partial charge on any atom is -0.507 e. The first kappa shape index (κ1) is 23.9. The molecule has 0 aliphatic carbocycles. The maximum absolute atomic E-state index is 11.0. The average molecular weight is 477 g/mol. The quantitative estimate of drug-likeness (QED) is 0.255. The number of aromatic nitrogens is 3. The number of piperidine rings is 1. The summed E-state index contributed by atoms with van der Waals surface area (Å²) in [6.45, 7) is 8.00. The van der Waals surface area contributed by atoms with E-state index in [9.17, 15) is 15.2 Å². The number of aromatic hydroxyl groups is 1. The van der Waals surface area contributed by atoms with E-state index in [2.05, 4.69) is 42.6 Å². The Morgan fingerprint density at radius 2 is 1.89 bits per heavy atom. The first-order chi connectivity index (χ1) is 16.8. The fraction of sp³-hybridized carbons (Fsp3) is 0.333. The highest BCUT2D eigenvalue weighted by Crippen LogP contribution is 2.25. The van der Waals surface area contributed by atoms with E-state index in [1.165, 1.54) is 24.4 Å². The standard InChI is InChI=1S/C24H28N8O3/c1-15-9-11-31(12-10-15)24-28-22(26-20-6-4-5-16(2)17(20)3)27-23(29-24)30-25-14-18-13-19(32(34)35)7-8-21(18)33/h4-8,13-15,33H,9-12H2,1-3H3,(H2,26,27,28,29,30)/b25-14-. The highest BCUT2D eigenvalue weighted by atomic mass is 16.6. The summed E-state index contributed by atoms with van der Waals surface area (Å²) in [6.07, 6.45) is 3.39. The van der Waals surface area contributed by atoms with Gasteiger partial charge in [-0.1, -0.05) is 19.1 Å². The van der Waals surface area contributed by atoms with E-state index in [0.717, 1.165) is 42.7 Å². The van der Waals surface area contributed by atoms with Gasteiger partial charge in [0.15, 0.2) is 0 Å². The van der Waals surface area contributed by atoms with Crippen molar-refractivity contribution < 1.29 is 10.0 Å². The molecule has 3 aromatic rings. The SMILES string of the molecule is Cc1cccc(Nc2nc(N/N=C\c3cc([N+](=O)[O-])ccc3O)nc(N3CCC(C)CC3)n2)c1C. The monoisotopic (exact) mass is 476 g/mol. The number of benzene rings is 2. The van der Waals surface area contributed by atoms with Gasteiger partial charge in [0, 0.05) is 36.5 Å². The lowest BCUT2D eigenvalue weighted by atomic mass is 10.00. The second-order valence-corrected chi connectivity index (χ2v) is 8.69. The lowest BCUT2D eigenvalue weighted by Gasteiger charge is -2.30. The van der Waals surface area contributed by atoms with Crippen molar-refractivity contribution in [1.82, 2.24) is 15.0 Å². The van der Waals surface area contributed by atoms with E-state index in [0.29, 0.717) is 17.8 Å². The highest BCUT2D eigenvalue weighted by Gasteiger charge is 2.20. The van der Waals surface area contributed by atoms with Crippen LogP contribution in [-0.4, -0.2) is 44.3 Å². The molecule has 0 amide bonds. The van der Waals surface area contributed by atoms with Crippen molar-refractivity contribution >= 4 is 35.4 Å². The van der Waals surface area contributed by atoms with Crippen LogP contribution in [0.1, 0.15) is 36.5 Å². The fourth-order valence-electron chi connectivity index (χ4n) is 3.75. The van der Waals surface area contributed by atoms with Gasteiger partial charge in [-0.15, -0.1) is 0 Å². The molecule has 35 heavy (non-hydrogen) atoms. The molecule has 182 valence electrons. The fourth-order valence-corrected chi connectivity index (χ4v) is 3.75. The van der Waals surface area contributed by atoms with E-state index in [1.54, 1.807) is 0 Å². The number of nitrogens with zero attached hydrogens (tertiary/aromatic N) is 6. The van der Waals surface area contributed by atoms with Crippen molar-refractivity contribution in [3.05, 3.63) is 63.2 Å². The molecule has 11 nitrogen and oxygen atoms in total. The first-order valence-corrected chi connectivity index (χ1v) is 11.4. The van der Waals surface area contributed by atoms with Gasteiger partial charge >= 0.3 is 0 Å². The number of nitrogens with one attached hydrogen (secondary N) is 2. The summed E-state index contributed by atoms with van der Waals surface area (Å²) in [5, 5.41) is 28.4. The Morgan fingerprint density at radius 3 is 2.63 bits per heavy atom. The number of phenolic OH excluding ortho intramolecular Hbond substituents is 1. The van der Waals surface area contributed by atoms with Crippen molar-refractivity contribution in [2.45, 2.75) is 33.6 Å². The summed E-state index contributed by atoms with van der Waals surface area (Å²) in [5.41, 5.74) is 5.95. The lowest BCUT2D eigenvalue weighted by molar-refractivity contribution is -0.384. The van der Waals surface area contributed by atoms with Gasteiger partial charge in [0.1, 0.15) is 5.75 Å². The van der Waals surface area contributed by atoms with Crippen LogP contribution in [-0.2, 0) is 0 Å². The number of aryl methyl sites for hydroxylation is 1. The molecule has 4 rings (SSSR count). The number of phenols is 1. The largest absolute Gasteiger partial charge is 0.507 e. The molecule has 2 heterocycles. The Morgan fingerprint density at radius 1 is 1.14 bits per heavy atom. The molecule has 0 bridgehead atoms.